The summed E-state index contributed by atoms with van der Waals surface area (Å²) in [7, 11) is 0. The van der Waals surface area contributed by atoms with Gasteiger partial charge in [0.15, 0.2) is 0 Å². The molecule has 0 heterocycles. The molecule has 20 heavy (non-hydrogen) atoms. The highest BCUT2D eigenvalue weighted by Gasteiger charge is 2.20. The predicted octanol–water partition coefficient (Wildman–Crippen LogP) is 1.53. The standard InChI is InChI=1S/C13H18ClN3O2.ClH/c1-2-10(15)13(19)17-11(7-12(16)18)8-4-3-5-9(14)6-8;/h3-6,10-11H,2,7,15H2,1H3,(H2,16,18)(H,17,19);1H/t10-,11+;/m0./s1. The van der Waals surface area contributed by atoms with Crippen LogP contribution in [0.5, 0.6) is 0 Å². The summed E-state index contributed by atoms with van der Waals surface area (Å²) in [4.78, 5) is 22.9. The Balaban J connectivity index is 0.00000361. The second-order valence-corrected chi connectivity index (χ2v) is 4.74. The Morgan fingerprint density at radius 1 is 1.40 bits per heavy atom. The summed E-state index contributed by atoms with van der Waals surface area (Å²) in [5, 5.41) is 3.25. The molecule has 7 heteroatoms. The van der Waals surface area contributed by atoms with E-state index in [9.17, 15) is 9.59 Å². The molecule has 5 nitrogen and oxygen atoms in total. The van der Waals surface area contributed by atoms with Gasteiger partial charge in [0, 0.05) is 5.02 Å². The van der Waals surface area contributed by atoms with Crippen molar-refractivity contribution in [3.8, 4) is 0 Å². The third-order valence-corrected chi connectivity index (χ3v) is 2.98. The molecule has 0 radical (unpaired) electrons. The van der Waals surface area contributed by atoms with Crippen molar-refractivity contribution in [3.05, 3.63) is 34.9 Å². The Bertz CT molecular complexity index is 469. The number of carbonyl (C=O) groups excluding carboxylic acids is 2. The van der Waals surface area contributed by atoms with Gasteiger partial charge < -0.3 is 16.8 Å². The van der Waals surface area contributed by atoms with Crippen molar-refractivity contribution in [1.29, 1.82) is 0 Å². The molecule has 5 N–H and O–H groups in total. The van der Waals surface area contributed by atoms with Crippen LogP contribution < -0.4 is 16.8 Å². The van der Waals surface area contributed by atoms with Gasteiger partial charge >= 0.3 is 0 Å². The Kier molecular flexibility index (Phi) is 8.22. The lowest BCUT2D eigenvalue weighted by Crippen LogP contribution is -2.42. The van der Waals surface area contributed by atoms with Crippen LogP contribution >= 0.6 is 24.0 Å². The average molecular weight is 320 g/mol. The third kappa shape index (κ3) is 5.77. The van der Waals surface area contributed by atoms with E-state index in [0.29, 0.717) is 11.4 Å². The molecule has 1 rings (SSSR count). The Hall–Kier alpha value is -1.30. The van der Waals surface area contributed by atoms with Crippen LogP contribution in [0, 0.1) is 0 Å². The maximum absolute atomic E-state index is 11.8. The fourth-order valence-electron chi connectivity index (χ4n) is 1.64. The molecule has 0 bridgehead atoms. The van der Waals surface area contributed by atoms with E-state index in [-0.39, 0.29) is 24.7 Å². The van der Waals surface area contributed by atoms with Gasteiger partial charge in [-0.25, -0.2) is 0 Å². The molecule has 0 saturated heterocycles. The van der Waals surface area contributed by atoms with E-state index in [1.807, 2.05) is 6.92 Å². The first-order valence-corrected chi connectivity index (χ1v) is 6.41. The van der Waals surface area contributed by atoms with Crippen molar-refractivity contribution >= 4 is 35.8 Å². The Morgan fingerprint density at radius 2 is 2.05 bits per heavy atom. The van der Waals surface area contributed by atoms with Crippen LogP contribution in [-0.4, -0.2) is 17.9 Å². The monoisotopic (exact) mass is 319 g/mol. The molecule has 1 aromatic carbocycles. The SMILES string of the molecule is CC[C@H](N)C(=O)N[C@H](CC(N)=O)c1cccc(Cl)c1.Cl. The first kappa shape index (κ1) is 18.7. The normalized spacial score (nSPS) is 12.9. The summed E-state index contributed by atoms with van der Waals surface area (Å²) in [5.74, 6) is -0.816. The average Bonchev–Trinajstić information content (AvgIpc) is 2.36. The minimum atomic E-state index is -0.602. The maximum Gasteiger partial charge on any atom is 0.237 e. The second kappa shape index (κ2) is 8.79. The molecule has 0 fully saturated rings. The second-order valence-electron chi connectivity index (χ2n) is 4.30. The fourth-order valence-corrected chi connectivity index (χ4v) is 1.84. The van der Waals surface area contributed by atoms with E-state index < -0.39 is 18.0 Å². The largest absolute Gasteiger partial charge is 0.370 e. The number of nitrogens with two attached hydrogens (primary N) is 2. The van der Waals surface area contributed by atoms with Gasteiger partial charge in [-0.2, -0.15) is 0 Å². The number of primary amides is 1. The number of benzene rings is 1. The van der Waals surface area contributed by atoms with Gasteiger partial charge in [0.05, 0.1) is 18.5 Å². The summed E-state index contributed by atoms with van der Waals surface area (Å²) >= 11 is 5.90. The predicted molar refractivity (Wildman–Crippen MR) is 81.7 cm³/mol. The molecule has 112 valence electrons. The quantitative estimate of drug-likeness (QED) is 0.741. The van der Waals surface area contributed by atoms with Gasteiger partial charge in [0.25, 0.3) is 0 Å². The summed E-state index contributed by atoms with van der Waals surface area (Å²) in [6.45, 7) is 1.81. The lowest BCUT2D eigenvalue weighted by Gasteiger charge is -2.20. The number of hydrogen-bond donors (Lipinski definition) is 3. The van der Waals surface area contributed by atoms with Gasteiger partial charge in [-0.1, -0.05) is 30.7 Å². The van der Waals surface area contributed by atoms with Crippen molar-refractivity contribution in [2.45, 2.75) is 31.8 Å². The van der Waals surface area contributed by atoms with Crippen LogP contribution in [0.3, 0.4) is 0 Å². The first-order chi connectivity index (χ1) is 8.93. The molecule has 0 aromatic heterocycles. The lowest BCUT2D eigenvalue weighted by atomic mass is 10.0. The number of hydrogen-bond acceptors (Lipinski definition) is 3. The van der Waals surface area contributed by atoms with E-state index in [1.54, 1.807) is 24.3 Å². The summed E-state index contributed by atoms with van der Waals surface area (Å²) in [5.41, 5.74) is 11.6. The third-order valence-electron chi connectivity index (χ3n) is 2.75. The van der Waals surface area contributed by atoms with Gasteiger partial charge in [-0.15, -0.1) is 12.4 Å². The van der Waals surface area contributed by atoms with Crippen LogP contribution in [0.4, 0.5) is 0 Å². The molecular weight excluding hydrogens is 301 g/mol. The summed E-state index contributed by atoms with van der Waals surface area (Å²) in [6, 6.07) is 5.81. The molecule has 0 aliphatic heterocycles. The van der Waals surface area contributed by atoms with E-state index in [0.717, 1.165) is 5.56 Å². The van der Waals surface area contributed by atoms with Crippen molar-refractivity contribution in [2.75, 3.05) is 0 Å². The number of rotatable bonds is 6. The van der Waals surface area contributed by atoms with Crippen molar-refractivity contribution in [3.63, 3.8) is 0 Å². The highest BCUT2D eigenvalue weighted by Crippen LogP contribution is 2.20. The Morgan fingerprint density at radius 3 is 2.55 bits per heavy atom. The fraction of sp³-hybridized carbons (Fsp3) is 0.385. The van der Waals surface area contributed by atoms with Gasteiger partial charge in [0.1, 0.15) is 0 Å². The van der Waals surface area contributed by atoms with Gasteiger partial charge in [-0.05, 0) is 24.1 Å². The minimum absolute atomic E-state index is 0. The summed E-state index contributed by atoms with van der Waals surface area (Å²) in [6.07, 6.45) is 0.521. The zero-order valence-corrected chi connectivity index (χ0v) is 12.7. The van der Waals surface area contributed by atoms with E-state index in [4.69, 9.17) is 23.1 Å². The number of halogens is 2. The van der Waals surface area contributed by atoms with Crippen molar-refractivity contribution < 1.29 is 9.59 Å². The Labute approximate surface area is 129 Å². The van der Waals surface area contributed by atoms with Gasteiger partial charge in [0.2, 0.25) is 11.8 Å². The number of carbonyl (C=O) groups is 2. The highest BCUT2D eigenvalue weighted by molar-refractivity contribution is 6.30. The van der Waals surface area contributed by atoms with E-state index in [1.165, 1.54) is 0 Å². The van der Waals surface area contributed by atoms with E-state index >= 15 is 0 Å². The van der Waals surface area contributed by atoms with Crippen LogP contribution in [0.1, 0.15) is 31.4 Å². The van der Waals surface area contributed by atoms with Crippen molar-refractivity contribution in [2.24, 2.45) is 11.5 Å². The van der Waals surface area contributed by atoms with Crippen molar-refractivity contribution in [1.82, 2.24) is 5.32 Å². The molecule has 0 aliphatic carbocycles. The molecule has 2 atom stereocenters. The van der Waals surface area contributed by atoms with Crippen LogP contribution in [0.2, 0.25) is 5.02 Å². The summed E-state index contributed by atoms with van der Waals surface area (Å²) < 4.78 is 0. The lowest BCUT2D eigenvalue weighted by molar-refractivity contribution is -0.123. The zero-order valence-electron chi connectivity index (χ0n) is 11.1. The molecular formula is C13H19Cl2N3O2. The molecule has 2 amide bonds. The number of amides is 2. The van der Waals surface area contributed by atoms with E-state index in [2.05, 4.69) is 5.32 Å². The zero-order chi connectivity index (χ0) is 14.4. The molecule has 0 unspecified atom stereocenters. The molecule has 0 aliphatic rings. The first-order valence-electron chi connectivity index (χ1n) is 6.03. The maximum atomic E-state index is 11.8. The van der Waals surface area contributed by atoms with Crippen LogP contribution in [-0.2, 0) is 9.59 Å². The smallest absolute Gasteiger partial charge is 0.237 e. The van der Waals surface area contributed by atoms with Crippen LogP contribution in [0.25, 0.3) is 0 Å². The molecule has 0 saturated carbocycles. The topological polar surface area (TPSA) is 98.2 Å². The minimum Gasteiger partial charge on any atom is -0.370 e. The molecule has 1 aromatic rings. The molecule has 0 spiro atoms. The van der Waals surface area contributed by atoms with Crippen LogP contribution in [0.15, 0.2) is 24.3 Å². The number of nitrogens with one attached hydrogen (secondary N) is 1. The highest BCUT2D eigenvalue weighted by atomic mass is 35.5. The van der Waals surface area contributed by atoms with Gasteiger partial charge in [-0.3, -0.25) is 9.59 Å².